The number of amides is 1. The Labute approximate surface area is 140 Å². The molecule has 1 saturated heterocycles. The second-order valence-electron chi connectivity index (χ2n) is 6.76. The number of rotatable bonds is 5. The molecular weight excluding hydrogens is 309 g/mol. The number of aromatic amines is 1. The van der Waals surface area contributed by atoms with Crippen molar-refractivity contribution < 1.29 is 14.3 Å². The molecular formula is C18H24FN3O2. The van der Waals surface area contributed by atoms with Gasteiger partial charge in [-0.05, 0) is 56.1 Å². The minimum absolute atomic E-state index is 0.203. The summed E-state index contributed by atoms with van der Waals surface area (Å²) in [5.41, 5.74) is 1.08. The Kier molecular flexibility index (Phi) is 5.16. The number of likely N-dealkylation sites (tertiary alicyclic amines) is 1. The van der Waals surface area contributed by atoms with Crippen LogP contribution in [0.2, 0.25) is 0 Å². The van der Waals surface area contributed by atoms with Crippen molar-refractivity contribution in [2.45, 2.75) is 25.9 Å². The molecule has 0 aliphatic carbocycles. The van der Waals surface area contributed by atoms with Crippen LogP contribution in [0.1, 0.15) is 30.3 Å². The first-order valence-corrected chi connectivity index (χ1v) is 8.48. The molecule has 1 fully saturated rings. The third kappa shape index (κ3) is 4.13. The molecule has 0 saturated carbocycles. The van der Waals surface area contributed by atoms with Crippen LogP contribution in [-0.2, 0) is 0 Å². The predicted molar refractivity (Wildman–Crippen MR) is 91.4 cm³/mol. The molecule has 5 nitrogen and oxygen atoms in total. The molecule has 1 amide bonds. The number of hydrogen-bond donors (Lipinski definition) is 3. The van der Waals surface area contributed by atoms with Gasteiger partial charge in [-0.2, -0.15) is 0 Å². The highest BCUT2D eigenvalue weighted by atomic mass is 19.1. The van der Waals surface area contributed by atoms with E-state index in [0.29, 0.717) is 23.1 Å². The summed E-state index contributed by atoms with van der Waals surface area (Å²) in [5, 5.41) is 13.5. The van der Waals surface area contributed by atoms with Gasteiger partial charge in [0.05, 0.1) is 6.10 Å². The summed E-state index contributed by atoms with van der Waals surface area (Å²) in [7, 11) is 0. The largest absolute Gasteiger partial charge is 0.390 e. The van der Waals surface area contributed by atoms with Crippen LogP contribution in [0.25, 0.3) is 10.9 Å². The average molecular weight is 333 g/mol. The molecule has 0 radical (unpaired) electrons. The number of nitrogens with one attached hydrogen (secondary N) is 2. The van der Waals surface area contributed by atoms with Crippen molar-refractivity contribution in [3.63, 3.8) is 0 Å². The fraction of sp³-hybridized carbons (Fsp3) is 0.500. The fourth-order valence-corrected chi connectivity index (χ4v) is 3.14. The lowest BCUT2D eigenvalue weighted by atomic mass is 9.99. The van der Waals surface area contributed by atoms with Crippen LogP contribution in [0.3, 0.4) is 0 Å². The van der Waals surface area contributed by atoms with Crippen LogP contribution in [0.5, 0.6) is 0 Å². The van der Waals surface area contributed by atoms with Crippen molar-refractivity contribution in [1.82, 2.24) is 15.2 Å². The molecule has 1 unspecified atom stereocenters. The molecule has 1 aromatic carbocycles. The number of aliphatic hydroxyl groups is 1. The molecule has 2 heterocycles. The molecule has 1 aliphatic rings. The number of nitrogens with zero attached hydrogens (tertiary/aromatic N) is 1. The van der Waals surface area contributed by atoms with Gasteiger partial charge >= 0.3 is 0 Å². The van der Waals surface area contributed by atoms with E-state index < -0.39 is 6.10 Å². The summed E-state index contributed by atoms with van der Waals surface area (Å²) < 4.78 is 13.2. The number of aromatic nitrogens is 1. The quantitative estimate of drug-likeness (QED) is 0.785. The Morgan fingerprint density at radius 3 is 2.92 bits per heavy atom. The van der Waals surface area contributed by atoms with Crippen LogP contribution < -0.4 is 5.32 Å². The third-order valence-corrected chi connectivity index (χ3v) is 4.67. The first-order chi connectivity index (χ1) is 11.5. The number of benzene rings is 1. The van der Waals surface area contributed by atoms with Gasteiger partial charge in [-0.1, -0.05) is 6.92 Å². The Morgan fingerprint density at radius 1 is 1.42 bits per heavy atom. The first kappa shape index (κ1) is 16.9. The molecule has 1 atom stereocenters. The second-order valence-corrected chi connectivity index (χ2v) is 6.76. The second kappa shape index (κ2) is 7.32. The number of piperidine rings is 1. The minimum Gasteiger partial charge on any atom is -0.390 e. The number of aliphatic hydroxyl groups excluding tert-OH is 1. The molecule has 6 heteroatoms. The number of carbonyl (C=O) groups is 1. The monoisotopic (exact) mass is 333 g/mol. The van der Waals surface area contributed by atoms with Gasteiger partial charge in [0, 0.05) is 24.0 Å². The summed E-state index contributed by atoms with van der Waals surface area (Å²) in [6.45, 7) is 5.03. The van der Waals surface area contributed by atoms with Gasteiger partial charge in [0.1, 0.15) is 11.5 Å². The zero-order valence-corrected chi connectivity index (χ0v) is 13.9. The number of carbonyl (C=O) groups excluding carboxylic acids is 1. The highest BCUT2D eigenvalue weighted by molar-refractivity contribution is 5.98. The van der Waals surface area contributed by atoms with Crippen LogP contribution >= 0.6 is 0 Å². The normalized spacial score (nSPS) is 18.0. The van der Waals surface area contributed by atoms with Gasteiger partial charge in [0.25, 0.3) is 5.91 Å². The molecule has 24 heavy (non-hydrogen) atoms. The molecule has 0 bridgehead atoms. The molecule has 2 aromatic rings. The van der Waals surface area contributed by atoms with Crippen molar-refractivity contribution in [3.8, 4) is 0 Å². The topological polar surface area (TPSA) is 68.4 Å². The van der Waals surface area contributed by atoms with E-state index >= 15 is 0 Å². The van der Waals surface area contributed by atoms with E-state index in [4.69, 9.17) is 0 Å². The lowest BCUT2D eigenvalue weighted by molar-refractivity contribution is 0.0793. The van der Waals surface area contributed by atoms with Crippen LogP contribution in [0.15, 0.2) is 24.3 Å². The van der Waals surface area contributed by atoms with Gasteiger partial charge in [-0.3, -0.25) is 4.79 Å². The zero-order chi connectivity index (χ0) is 17.1. The van der Waals surface area contributed by atoms with Crippen molar-refractivity contribution >= 4 is 16.8 Å². The lowest BCUT2D eigenvalue weighted by Crippen LogP contribution is -2.43. The van der Waals surface area contributed by atoms with E-state index in [1.165, 1.54) is 12.1 Å². The molecule has 1 aromatic heterocycles. The lowest BCUT2D eigenvalue weighted by Gasteiger charge is -2.31. The maximum Gasteiger partial charge on any atom is 0.267 e. The van der Waals surface area contributed by atoms with E-state index in [2.05, 4.69) is 22.1 Å². The fourth-order valence-electron chi connectivity index (χ4n) is 3.14. The van der Waals surface area contributed by atoms with Gasteiger partial charge in [-0.15, -0.1) is 0 Å². The smallest absolute Gasteiger partial charge is 0.267 e. The Balaban J connectivity index is 1.50. The number of halogens is 1. The summed E-state index contributed by atoms with van der Waals surface area (Å²) >= 11 is 0. The van der Waals surface area contributed by atoms with E-state index in [0.717, 1.165) is 31.8 Å². The minimum atomic E-state index is -0.593. The Bertz CT molecular complexity index is 707. The van der Waals surface area contributed by atoms with E-state index in [9.17, 15) is 14.3 Å². The van der Waals surface area contributed by atoms with Gasteiger partial charge < -0.3 is 20.3 Å². The van der Waals surface area contributed by atoms with E-state index in [1.54, 1.807) is 12.1 Å². The number of fused-ring (bicyclic) bond motifs is 1. The summed E-state index contributed by atoms with van der Waals surface area (Å²) in [5.74, 6) is 0.127. The van der Waals surface area contributed by atoms with Crippen molar-refractivity contribution in [1.29, 1.82) is 0 Å². The van der Waals surface area contributed by atoms with Gasteiger partial charge in [0.15, 0.2) is 0 Å². The average Bonchev–Trinajstić information content (AvgIpc) is 2.98. The van der Waals surface area contributed by atoms with Crippen molar-refractivity contribution in [2.75, 3.05) is 26.2 Å². The Hall–Kier alpha value is -1.92. The first-order valence-electron chi connectivity index (χ1n) is 8.48. The highest BCUT2D eigenvalue weighted by Gasteiger charge is 2.19. The predicted octanol–water partition coefficient (Wildman–Crippen LogP) is 2.13. The van der Waals surface area contributed by atoms with Crippen molar-refractivity contribution in [3.05, 3.63) is 35.8 Å². The molecule has 1 aliphatic heterocycles. The SMILES string of the molecule is CC1CCN(CC(O)CNC(=O)c2cc3cc(F)ccc3[nH]2)CC1. The van der Waals surface area contributed by atoms with Crippen molar-refractivity contribution in [2.24, 2.45) is 5.92 Å². The van der Waals surface area contributed by atoms with Gasteiger partial charge in [0.2, 0.25) is 0 Å². The molecule has 0 spiro atoms. The zero-order valence-electron chi connectivity index (χ0n) is 13.9. The summed E-state index contributed by atoms with van der Waals surface area (Å²) in [4.78, 5) is 17.4. The van der Waals surface area contributed by atoms with Gasteiger partial charge in [-0.25, -0.2) is 4.39 Å². The standard InChI is InChI=1S/C18H24FN3O2/c1-12-4-6-22(7-5-12)11-15(23)10-20-18(24)17-9-13-8-14(19)2-3-16(13)21-17/h2-3,8-9,12,15,21,23H,4-7,10-11H2,1H3,(H,20,24). The van der Waals surface area contributed by atoms with Crippen LogP contribution in [0.4, 0.5) is 4.39 Å². The number of hydrogen-bond acceptors (Lipinski definition) is 3. The molecule has 3 rings (SSSR count). The maximum absolute atomic E-state index is 13.2. The van der Waals surface area contributed by atoms with E-state index in [1.807, 2.05) is 0 Å². The van der Waals surface area contributed by atoms with E-state index in [-0.39, 0.29) is 18.3 Å². The van der Waals surface area contributed by atoms with Crippen LogP contribution in [0, 0.1) is 11.7 Å². The molecule has 130 valence electrons. The Morgan fingerprint density at radius 2 is 2.17 bits per heavy atom. The maximum atomic E-state index is 13.2. The highest BCUT2D eigenvalue weighted by Crippen LogP contribution is 2.17. The number of β-amino-alcohol motifs (C(OH)–C–C–N with tert-alkyl or cyclic N) is 1. The molecule has 3 N–H and O–H groups in total. The number of H-pyrrole nitrogens is 1. The van der Waals surface area contributed by atoms with Crippen LogP contribution in [-0.4, -0.2) is 53.2 Å². The summed E-state index contributed by atoms with van der Waals surface area (Å²) in [6, 6.07) is 5.96. The summed E-state index contributed by atoms with van der Waals surface area (Å²) in [6.07, 6.45) is 1.72. The third-order valence-electron chi connectivity index (χ3n) is 4.67.